The Hall–Kier alpha value is -2.07. The molecule has 0 fully saturated rings. The van der Waals surface area contributed by atoms with E-state index >= 15 is 0 Å². The van der Waals surface area contributed by atoms with Crippen LogP contribution in [-0.4, -0.2) is 15.9 Å². The van der Waals surface area contributed by atoms with Crippen molar-refractivity contribution >= 4 is 57.2 Å². The molecule has 0 bridgehead atoms. The topological polar surface area (TPSA) is 84.3 Å². The fourth-order valence-electron chi connectivity index (χ4n) is 2.37. The molecule has 0 aliphatic carbocycles. The summed E-state index contributed by atoms with van der Waals surface area (Å²) in [5.41, 5.74) is 2.32. The summed E-state index contributed by atoms with van der Waals surface area (Å²) in [6.07, 6.45) is 0.819. The predicted octanol–water partition coefficient (Wildman–Crippen LogP) is 4.20. The van der Waals surface area contributed by atoms with Crippen molar-refractivity contribution in [3.8, 4) is 0 Å². The summed E-state index contributed by atoms with van der Waals surface area (Å²) < 4.78 is 1.11. The van der Waals surface area contributed by atoms with Crippen molar-refractivity contribution in [3.63, 3.8) is 0 Å². The first-order valence-electron chi connectivity index (χ1n) is 7.48. The summed E-state index contributed by atoms with van der Waals surface area (Å²) in [5, 5.41) is 16.7. The van der Waals surface area contributed by atoms with Crippen molar-refractivity contribution in [2.45, 2.75) is 20.3 Å². The Labute approximate surface area is 164 Å². The number of hydrogen-bond donors (Lipinski definition) is 2. The van der Waals surface area contributed by atoms with Gasteiger partial charge in [0.15, 0.2) is 5.11 Å². The highest BCUT2D eigenvalue weighted by atomic mass is 127. The maximum Gasteiger partial charge on any atom is 0.273 e. The number of rotatable bonds is 4. The summed E-state index contributed by atoms with van der Waals surface area (Å²) >= 11 is 7.43. The Bertz CT molecular complexity index is 855. The molecule has 8 heteroatoms. The lowest BCUT2D eigenvalue weighted by Gasteiger charge is -2.14. The third-order valence-corrected chi connectivity index (χ3v) is 4.55. The van der Waals surface area contributed by atoms with Gasteiger partial charge >= 0.3 is 0 Å². The number of hydrogen-bond acceptors (Lipinski definition) is 4. The van der Waals surface area contributed by atoms with Gasteiger partial charge in [-0.05, 0) is 78.0 Å². The highest BCUT2D eigenvalue weighted by Gasteiger charge is 2.18. The smallest absolute Gasteiger partial charge is 0.273 e. The Kier molecular flexibility index (Phi) is 6.43. The second kappa shape index (κ2) is 8.34. The molecule has 0 aromatic heterocycles. The van der Waals surface area contributed by atoms with Gasteiger partial charge < -0.3 is 5.32 Å². The Morgan fingerprint density at radius 2 is 2.04 bits per heavy atom. The molecule has 0 radical (unpaired) electrons. The Balaban J connectivity index is 2.15. The molecule has 0 saturated heterocycles. The molecule has 0 spiro atoms. The number of nitrogens with one attached hydrogen (secondary N) is 2. The van der Waals surface area contributed by atoms with Gasteiger partial charge in [0.1, 0.15) is 0 Å². The van der Waals surface area contributed by atoms with Crippen molar-refractivity contribution in [2.24, 2.45) is 0 Å². The summed E-state index contributed by atoms with van der Waals surface area (Å²) in [7, 11) is 0. The number of aryl methyl sites for hydroxylation is 1. The van der Waals surface area contributed by atoms with Gasteiger partial charge in [-0.1, -0.05) is 13.0 Å². The minimum Gasteiger partial charge on any atom is -0.332 e. The van der Waals surface area contributed by atoms with E-state index in [1.807, 2.05) is 25.1 Å². The first-order valence-corrected chi connectivity index (χ1v) is 8.97. The number of carbonyl (C=O) groups excluding carboxylic acids is 1. The maximum absolute atomic E-state index is 12.4. The van der Waals surface area contributed by atoms with Gasteiger partial charge in [-0.3, -0.25) is 20.2 Å². The lowest BCUT2D eigenvalue weighted by Crippen LogP contribution is -2.34. The van der Waals surface area contributed by atoms with E-state index in [4.69, 9.17) is 12.2 Å². The van der Waals surface area contributed by atoms with Crippen LogP contribution in [-0.2, 0) is 6.42 Å². The van der Waals surface area contributed by atoms with E-state index in [1.54, 1.807) is 0 Å². The number of nitro benzene ring substituents is 1. The van der Waals surface area contributed by atoms with Crippen LogP contribution >= 0.6 is 34.8 Å². The van der Waals surface area contributed by atoms with Gasteiger partial charge in [0.2, 0.25) is 0 Å². The summed E-state index contributed by atoms with van der Waals surface area (Å²) in [6.45, 7) is 3.57. The molecule has 6 nitrogen and oxygen atoms in total. The van der Waals surface area contributed by atoms with E-state index in [9.17, 15) is 14.9 Å². The van der Waals surface area contributed by atoms with Crippen LogP contribution in [0.4, 0.5) is 11.4 Å². The number of thiocarbonyl (C=S) groups is 1. The Morgan fingerprint density at radius 3 is 2.68 bits per heavy atom. The average molecular weight is 469 g/mol. The standard InChI is InChI=1S/C17H16IN3O3S/c1-3-11-9-12(18)7-8-14(11)19-17(25)20-16(22)13-5-4-6-15(10(13)2)21(23)24/h4-9H,3H2,1-2H3,(H2,19,20,22,25). The van der Waals surface area contributed by atoms with Gasteiger partial charge in [0.25, 0.3) is 11.6 Å². The molecule has 2 aromatic rings. The van der Waals surface area contributed by atoms with Crippen LogP contribution in [0.5, 0.6) is 0 Å². The zero-order valence-corrected chi connectivity index (χ0v) is 16.6. The van der Waals surface area contributed by atoms with Crippen molar-refractivity contribution < 1.29 is 9.72 Å². The lowest BCUT2D eigenvalue weighted by atomic mass is 10.1. The maximum atomic E-state index is 12.4. The number of carbonyl (C=O) groups is 1. The van der Waals surface area contributed by atoms with E-state index in [2.05, 4.69) is 33.2 Å². The lowest BCUT2D eigenvalue weighted by molar-refractivity contribution is -0.385. The van der Waals surface area contributed by atoms with Crippen LogP contribution in [0.15, 0.2) is 36.4 Å². The summed E-state index contributed by atoms with van der Waals surface area (Å²) in [5.74, 6) is -0.484. The number of benzene rings is 2. The van der Waals surface area contributed by atoms with Crippen molar-refractivity contribution in [1.82, 2.24) is 5.32 Å². The van der Waals surface area contributed by atoms with E-state index in [0.29, 0.717) is 5.56 Å². The summed E-state index contributed by atoms with van der Waals surface area (Å²) in [4.78, 5) is 22.9. The molecule has 0 saturated carbocycles. The minimum atomic E-state index is -0.512. The Morgan fingerprint density at radius 1 is 1.32 bits per heavy atom. The van der Waals surface area contributed by atoms with Gasteiger partial charge in [0.05, 0.1) is 4.92 Å². The molecule has 2 aromatic carbocycles. The van der Waals surface area contributed by atoms with Crippen LogP contribution in [0.1, 0.15) is 28.4 Å². The fourth-order valence-corrected chi connectivity index (χ4v) is 3.13. The zero-order chi connectivity index (χ0) is 18.6. The number of amides is 1. The zero-order valence-electron chi connectivity index (χ0n) is 13.6. The van der Waals surface area contributed by atoms with Crippen LogP contribution in [0, 0.1) is 20.6 Å². The van der Waals surface area contributed by atoms with Gasteiger partial charge in [0, 0.05) is 26.5 Å². The molecule has 0 heterocycles. The van der Waals surface area contributed by atoms with Crippen molar-refractivity contribution in [2.75, 3.05) is 5.32 Å². The molecule has 2 N–H and O–H groups in total. The number of nitro groups is 1. The van der Waals surface area contributed by atoms with Crippen LogP contribution in [0.3, 0.4) is 0 Å². The highest BCUT2D eigenvalue weighted by Crippen LogP contribution is 2.22. The van der Waals surface area contributed by atoms with E-state index in [1.165, 1.54) is 25.1 Å². The number of halogens is 1. The molecule has 25 heavy (non-hydrogen) atoms. The number of nitrogens with zero attached hydrogens (tertiary/aromatic N) is 1. The first-order chi connectivity index (χ1) is 11.8. The molecule has 0 aliphatic rings. The van der Waals surface area contributed by atoms with Crippen molar-refractivity contribution in [3.05, 3.63) is 66.8 Å². The molecular formula is C17H16IN3O3S. The molecule has 1 amide bonds. The largest absolute Gasteiger partial charge is 0.332 e. The third kappa shape index (κ3) is 4.73. The van der Waals surface area contributed by atoms with Gasteiger partial charge in [-0.25, -0.2) is 0 Å². The SMILES string of the molecule is CCc1cc(I)ccc1NC(=S)NC(=O)c1cccc([N+](=O)[O-])c1C. The average Bonchev–Trinajstić information content (AvgIpc) is 2.56. The van der Waals surface area contributed by atoms with Gasteiger partial charge in [-0.15, -0.1) is 0 Å². The van der Waals surface area contributed by atoms with Crippen molar-refractivity contribution in [1.29, 1.82) is 0 Å². The first kappa shape index (κ1) is 19.3. The van der Waals surface area contributed by atoms with Crippen LogP contribution in [0.25, 0.3) is 0 Å². The van der Waals surface area contributed by atoms with Crippen LogP contribution < -0.4 is 10.6 Å². The molecule has 0 atom stereocenters. The summed E-state index contributed by atoms with van der Waals surface area (Å²) in [6, 6.07) is 10.3. The van der Waals surface area contributed by atoms with E-state index < -0.39 is 10.8 Å². The minimum absolute atomic E-state index is 0.0996. The third-order valence-electron chi connectivity index (χ3n) is 3.67. The van der Waals surface area contributed by atoms with E-state index in [-0.39, 0.29) is 16.4 Å². The molecule has 130 valence electrons. The second-order valence-corrected chi connectivity index (χ2v) is 6.92. The predicted molar refractivity (Wildman–Crippen MR) is 110 cm³/mol. The fraction of sp³-hybridized carbons (Fsp3) is 0.176. The number of anilines is 1. The van der Waals surface area contributed by atoms with E-state index in [0.717, 1.165) is 21.2 Å². The highest BCUT2D eigenvalue weighted by molar-refractivity contribution is 14.1. The second-order valence-electron chi connectivity index (χ2n) is 5.27. The van der Waals surface area contributed by atoms with Gasteiger partial charge in [-0.2, -0.15) is 0 Å². The molecule has 2 rings (SSSR count). The normalized spacial score (nSPS) is 10.2. The monoisotopic (exact) mass is 469 g/mol. The molecular weight excluding hydrogens is 453 g/mol. The molecule has 0 aliphatic heterocycles. The molecule has 0 unspecified atom stereocenters. The van der Waals surface area contributed by atoms with Crippen LogP contribution in [0.2, 0.25) is 0 Å². The quantitative estimate of drug-likeness (QED) is 0.304.